The van der Waals surface area contributed by atoms with Crippen LogP contribution in [0.3, 0.4) is 0 Å². The molecular formula is C15H15N3O2. The molecule has 0 bridgehead atoms. The molecule has 2 heterocycles. The SMILES string of the molecule is CN1CCN(c2cc(C(=O)O)ccn2)c2ccccc21. The summed E-state index contributed by atoms with van der Waals surface area (Å²) in [5, 5.41) is 9.09. The largest absolute Gasteiger partial charge is 0.478 e. The first-order valence-corrected chi connectivity index (χ1v) is 6.44. The summed E-state index contributed by atoms with van der Waals surface area (Å²) in [7, 11) is 2.05. The molecule has 1 aliphatic heterocycles. The Morgan fingerprint density at radius 2 is 1.95 bits per heavy atom. The molecule has 5 nitrogen and oxygen atoms in total. The van der Waals surface area contributed by atoms with Crippen LogP contribution >= 0.6 is 0 Å². The molecule has 1 aliphatic rings. The third-order valence-electron chi connectivity index (χ3n) is 3.51. The lowest BCUT2D eigenvalue weighted by Crippen LogP contribution is -2.36. The summed E-state index contributed by atoms with van der Waals surface area (Å²) in [6, 6.07) is 11.2. The summed E-state index contributed by atoms with van der Waals surface area (Å²) in [4.78, 5) is 19.6. The van der Waals surface area contributed by atoms with Gasteiger partial charge in [-0.1, -0.05) is 12.1 Å². The highest BCUT2D eigenvalue weighted by atomic mass is 16.4. The van der Waals surface area contributed by atoms with Crippen molar-refractivity contribution in [2.45, 2.75) is 0 Å². The predicted molar refractivity (Wildman–Crippen MR) is 77.9 cm³/mol. The molecule has 0 amide bonds. The second-order valence-electron chi connectivity index (χ2n) is 4.77. The number of rotatable bonds is 2. The van der Waals surface area contributed by atoms with Gasteiger partial charge in [0.2, 0.25) is 0 Å². The Morgan fingerprint density at radius 1 is 1.20 bits per heavy atom. The minimum atomic E-state index is -0.934. The van der Waals surface area contributed by atoms with Gasteiger partial charge in [-0.25, -0.2) is 9.78 Å². The summed E-state index contributed by atoms with van der Waals surface area (Å²) < 4.78 is 0. The fourth-order valence-electron chi connectivity index (χ4n) is 2.44. The van der Waals surface area contributed by atoms with Crippen LogP contribution < -0.4 is 9.80 Å². The zero-order chi connectivity index (χ0) is 14.1. The van der Waals surface area contributed by atoms with E-state index in [9.17, 15) is 4.79 Å². The number of benzene rings is 1. The summed E-state index contributed by atoms with van der Waals surface area (Å²) in [6.07, 6.45) is 1.54. The highest BCUT2D eigenvalue weighted by molar-refractivity contribution is 5.89. The Kier molecular flexibility index (Phi) is 3.02. The van der Waals surface area contributed by atoms with Gasteiger partial charge in [-0.3, -0.25) is 0 Å². The number of likely N-dealkylation sites (N-methyl/N-ethyl adjacent to an activating group) is 1. The number of hydrogen-bond donors (Lipinski definition) is 1. The maximum Gasteiger partial charge on any atom is 0.335 e. The summed E-state index contributed by atoms with van der Waals surface area (Å²) >= 11 is 0. The second-order valence-corrected chi connectivity index (χ2v) is 4.77. The van der Waals surface area contributed by atoms with Crippen LogP contribution in [0.2, 0.25) is 0 Å². The van der Waals surface area contributed by atoms with E-state index >= 15 is 0 Å². The molecule has 0 spiro atoms. The van der Waals surface area contributed by atoms with Crippen LogP contribution in [0.5, 0.6) is 0 Å². The van der Waals surface area contributed by atoms with E-state index < -0.39 is 5.97 Å². The maximum atomic E-state index is 11.1. The minimum Gasteiger partial charge on any atom is -0.478 e. The van der Waals surface area contributed by atoms with Gasteiger partial charge < -0.3 is 14.9 Å². The Labute approximate surface area is 117 Å². The number of hydrogen-bond acceptors (Lipinski definition) is 4. The van der Waals surface area contributed by atoms with Crippen molar-refractivity contribution in [1.82, 2.24) is 4.98 Å². The van der Waals surface area contributed by atoms with Gasteiger partial charge in [-0.15, -0.1) is 0 Å². The number of fused-ring (bicyclic) bond motifs is 1. The quantitative estimate of drug-likeness (QED) is 0.907. The molecule has 102 valence electrons. The van der Waals surface area contributed by atoms with Gasteiger partial charge >= 0.3 is 5.97 Å². The third-order valence-corrected chi connectivity index (χ3v) is 3.51. The molecule has 1 aromatic heterocycles. The fourth-order valence-corrected chi connectivity index (χ4v) is 2.44. The van der Waals surface area contributed by atoms with Gasteiger partial charge in [-0.05, 0) is 24.3 Å². The molecule has 0 unspecified atom stereocenters. The van der Waals surface area contributed by atoms with Crippen LogP contribution in [0.25, 0.3) is 0 Å². The molecule has 0 saturated carbocycles. The first-order valence-electron chi connectivity index (χ1n) is 6.44. The zero-order valence-electron chi connectivity index (χ0n) is 11.2. The van der Waals surface area contributed by atoms with Crippen LogP contribution in [0, 0.1) is 0 Å². The Hall–Kier alpha value is -2.56. The molecule has 1 aromatic carbocycles. The average Bonchev–Trinajstić information content (AvgIpc) is 2.48. The van der Waals surface area contributed by atoms with Crippen LogP contribution in [0.15, 0.2) is 42.6 Å². The van der Waals surface area contributed by atoms with Crippen LogP contribution in [0.1, 0.15) is 10.4 Å². The summed E-state index contributed by atoms with van der Waals surface area (Å²) in [6.45, 7) is 1.65. The van der Waals surface area contributed by atoms with Crippen molar-refractivity contribution in [1.29, 1.82) is 0 Å². The van der Waals surface area contributed by atoms with E-state index in [1.165, 1.54) is 6.07 Å². The van der Waals surface area contributed by atoms with Crippen molar-refractivity contribution in [2.75, 3.05) is 29.9 Å². The van der Waals surface area contributed by atoms with Crippen LogP contribution in [0.4, 0.5) is 17.2 Å². The summed E-state index contributed by atoms with van der Waals surface area (Å²) in [5.74, 6) is -0.262. The number of aromatic carboxylic acids is 1. The lowest BCUT2D eigenvalue weighted by molar-refractivity contribution is 0.0697. The third kappa shape index (κ3) is 2.07. The Balaban J connectivity index is 2.05. The maximum absolute atomic E-state index is 11.1. The van der Waals surface area contributed by atoms with Gasteiger partial charge in [0.25, 0.3) is 0 Å². The topological polar surface area (TPSA) is 56.7 Å². The highest BCUT2D eigenvalue weighted by Crippen LogP contribution is 2.35. The number of carboxylic acid groups (broad SMARTS) is 1. The number of nitrogens with zero attached hydrogens (tertiary/aromatic N) is 3. The van der Waals surface area contributed by atoms with Gasteiger partial charge in [0, 0.05) is 26.3 Å². The standard InChI is InChI=1S/C15H15N3O2/c1-17-8-9-18(13-5-3-2-4-12(13)17)14-10-11(15(19)20)6-7-16-14/h2-7,10H,8-9H2,1H3,(H,19,20). The molecule has 0 aliphatic carbocycles. The average molecular weight is 269 g/mol. The molecule has 1 N–H and O–H groups in total. The predicted octanol–water partition coefficient (Wildman–Crippen LogP) is 2.37. The van der Waals surface area contributed by atoms with E-state index in [-0.39, 0.29) is 5.56 Å². The lowest BCUT2D eigenvalue weighted by atomic mass is 10.1. The van der Waals surface area contributed by atoms with Crippen LogP contribution in [-0.4, -0.2) is 36.2 Å². The molecule has 2 aromatic rings. The molecule has 3 rings (SSSR count). The van der Waals surface area contributed by atoms with E-state index in [0.717, 1.165) is 24.5 Å². The highest BCUT2D eigenvalue weighted by Gasteiger charge is 2.22. The van der Waals surface area contributed by atoms with E-state index in [0.29, 0.717) is 5.82 Å². The minimum absolute atomic E-state index is 0.256. The zero-order valence-corrected chi connectivity index (χ0v) is 11.2. The van der Waals surface area contributed by atoms with Crippen molar-refractivity contribution in [3.63, 3.8) is 0 Å². The van der Waals surface area contributed by atoms with E-state index in [1.807, 2.05) is 18.2 Å². The number of carbonyl (C=O) groups is 1. The molecule has 0 atom stereocenters. The molecular weight excluding hydrogens is 254 g/mol. The van der Waals surface area contributed by atoms with Crippen molar-refractivity contribution in [2.24, 2.45) is 0 Å². The van der Waals surface area contributed by atoms with Crippen molar-refractivity contribution in [3.8, 4) is 0 Å². The Morgan fingerprint density at radius 3 is 2.70 bits per heavy atom. The first kappa shape index (κ1) is 12.5. The van der Waals surface area contributed by atoms with Crippen molar-refractivity contribution < 1.29 is 9.90 Å². The van der Waals surface area contributed by atoms with Crippen molar-refractivity contribution in [3.05, 3.63) is 48.2 Å². The molecule has 0 fully saturated rings. The van der Waals surface area contributed by atoms with Gasteiger partial charge in [-0.2, -0.15) is 0 Å². The normalized spacial score (nSPS) is 14.1. The van der Waals surface area contributed by atoms with Gasteiger partial charge in [0.1, 0.15) is 5.82 Å². The van der Waals surface area contributed by atoms with E-state index in [1.54, 1.807) is 12.3 Å². The number of para-hydroxylation sites is 2. The number of carboxylic acids is 1. The van der Waals surface area contributed by atoms with Crippen LogP contribution in [-0.2, 0) is 0 Å². The Bertz CT molecular complexity index is 657. The molecule has 5 heteroatoms. The van der Waals surface area contributed by atoms with Gasteiger partial charge in [0.05, 0.1) is 16.9 Å². The number of anilines is 3. The molecule has 20 heavy (non-hydrogen) atoms. The van der Waals surface area contributed by atoms with Crippen molar-refractivity contribution >= 4 is 23.2 Å². The van der Waals surface area contributed by atoms with E-state index in [2.05, 4.69) is 27.9 Å². The smallest absolute Gasteiger partial charge is 0.335 e. The lowest BCUT2D eigenvalue weighted by Gasteiger charge is -2.36. The van der Waals surface area contributed by atoms with Gasteiger partial charge in [0.15, 0.2) is 0 Å². The second kappa shape index (κ2) is 4.85. The summed E-state index contributed by atoms with van der Waals surface area (Å²) in [5.41, 5.74) is 2.43. The molecule has 0 saturated heterocycles. The monoisotopic (exact) mass is 269 g/mol. The van der Waals surface area contributed by atoms with E-state index in [4.69, 9.17) is 5.11 Å². The number of aromatic nitrogens is 1. The fraction of sp³-hybridized carbons (Fsp3) is 0.200. The molecule has 0 radical (unpaired) electrons. The first-order chi connectivity index (χ1) is 9.66. The number of pyridine rings is 1.